The molecule has 0 amide bonds. The average Bonchev–Trinajstić information content (AvgIpc) is 2.34. The number of aromatic nitrogens is 1. The van der Waals surface area contributed by atoms with Crippen molar-refractivity contribution in [1.29, 1.82) is 0 Å². The molecule has 2 rings (SSSR count). The summed E-state index contributed by atoms with van der Waals surface area (Å²) < 4.78 is 0.753. The van der Waals surface area contributed by atoms with Crippen molar-refractivity contribution in [3.8, 4) is 0 Å². The molecule has 0 aliphatic carbocycles. The van der Waals surface area contributed by atoms with Crippen LogP contribution in [0.5, 0.6) is 0 Å². The lowest BCUT2D eigenvalue weighted by Crippen LogP contribution is -2.04. The van der Waals surface area contributed by atoms with Crippen molar-refractivity contribution >= 4 is 50.7 Å². The van der Waals surface area contributed by atoms with Gasteiger partial charge in [0.2, 0.25) is 0 Å². The smallest absolute Gasteiger partial charge is 0.337 e. The van der Waals surface area contributed by atoms with Gasteiger partial charge in [-0.05, 0) is 40.2 Å². The van der Waals surface area contributed by atoms with Gasteiger partial charge in [-0.1, -0.05) is 11.6 Å². The lowest BCUT2D eigenvalue weighted by molar-refractivity contribution is 0.0696. The summed E-state index contributed by atoms with van der Waals surface area (Å²) in [6, 6.07) is 6.56. The molecule has 0 unspecified atom stereocenters. The van der Waals surface area contributed by atoms with Crippen LogP contribution in [-0.4, -0.2) is 16.1 Å². The second-order valence-electron chi connectivity index (χ2n) is 3.72. The summed E-state index contributed by atoms with van der Waals surface area (Å²) in [5.74, 6) is -0.688. The van der Waals surface area contributed by atoms with Crippen LogP contribution in [0.4, 0.5) is 17.2 Å². The number of nitrogens with two attached hydrogens (primary N) is 1. The molecule has 0 atom stereocenters. The molecule has 0 saturated carbocycles. The molecule has 0 radical (unpaired) electrons. The van der Waals surface area contributed by atoms with Crippen molar-refractivity contribution in [3.63, 3.8) is 0 Å². The van der Waals surface area contributed by atoms with Gasteiger partial charge in [-0.2, -0.15) is 0 Å². The van der Waals surface area contributed by atoms with E-state index in [4.69, 9.17) is 22.4 Å². The topological polar surface area (TPSA) is 88.2 Å². The first kappa shape index (κ1) is 13.6. The van der Waals surface area contributed by atoms with Crippen LogP contribution in [-0.2, 0) is 0 Å². The lowest BCUT2D eigenvalue weighted by atomic mass is 10.2. The van der Waals surface area contributed by atoms with Gasteiger partial charge in [-0.25, -0.2) is 9.78 Å². The maximum atomic E-state index is 10.8. The molecule has 0 bridgehead atoms. The van der Waals surface area contributed by atoms with Crippen LogP contribution in [0, 0.1) is 0 Å². The Morgan fingerprint density at radius 1 is 1.42 bits per heavy atom. The van der Waals surface area contributed by atoms with E-state index >= 15 is 0 Å². The third kappa shape index (κ3) is 3.15. The van der Waals surface area contributed by atoms with Crippen LogP contribution in [0.3, 0.4) is 0 Å². The average molecular weight is 343 g/mol. The molecule has 5 nitrogen and oxygen atoms in total. The van der Waals surface area contributed by atoms with E-state index in [-0.39, 0.29) is 11.3 Å². The fourth-order valence-electron chi connectivity index (χ4n) is 1.42. The number of nitrogen functional groups attached to an aromatic ring is 1. The van der Waals surface area contributed by atoms with E-state index < -0.39 is 5.97 Å². The number of benzene rings is 1. The minimum absolute atomic E-state index is 0.0400. The number of pyridine rings is 1. The molecule has 1 aromatic heterocycles. The predicted octanol–water partition coefficient (Wildman–Crippen LogP) is 3.52. The van der Waals surface area contributed by atoms with Crippen molar-refractivity contribution in [3.05, 3.63) is 45.5 Å². The van der Waals surface area contributed by atoms with E-state index in [1.165, 1.54) is 12.3 Å². The third-order valence-corrected chi connectivity index (χ3v) is 3.24. The SMILES string of the molecule is Nc1cc(C(=O)O)cnc1Nc1ccc(Cl)cc1Br. The summed E-state index contributed by atoms with van der Waals surface area (Å²) in [5.41, 5.74) is 6.78. The number of rotatable bonds is 3. The van der Waals surface area contributed by atoms with Gasteiger partial charge in [0.25, 0.3) is 0 Å². The second-order valence-corrected chi connectivity index (χ2v) is 5.01. The minimum Gasteiger partial charge on any atom is -0.478 e. The number of carbonyl (C=O) groups is 1. The highest BCUT2D eigenvalue weighted by Gasteiger charge is 2.09. The molecule has 4 N–H and O–H groups in total. The zero-order valence-corrected chi connectivity index (χ0v) is 11.9. The number of halogens is 2. The fourth-order valence-corrected chi connectivity index (χ4v) is 2.20. The van der Waals surface area contributed by atoms with Crippen LogP contribution in [0.1, 0.15) is 10.4 Å². The number of carboxylic acid groups (broad SMARTS) is 1. The number of hydrogen-bond acceptors (Lipinski definition) is 4. The van der Waals surface area contributed by atoms with Crippen molar-refractivity contribution in [2.24, 2.45) is 0 Å². The summed E-state index contributed by atoms with van der Waals surface area (Å²) in [5, 5.41) is 12.4. The quantitative estimate of drug-likeness (QED) is 0.794. The monoisotopic (exact) mass is 341 g/mol. The molecule has 0 saturated heterocycles. The van der Waals surface area contributed by atoms with Gasteiger partial charge in [0.15, 0.2) is 5.82 Å². The Bertz CT molecular complexity index is 649. The molecule has 98 valence electrons. The van der Waals surface area contributed by atoms with Gasteiger partial charge in [-0.3, -0.25) is 0 Å². The normalized spacial score (nSPS) is 10.2. The van der Waals surface area contributed by atoms with E-state index in [1.54, 1.807) is 18.2 Å². The highest BCUT2D eigenvalue weighted by atomic mass is 79.9. The van der Waals surface area contributed by atoms with Crippen LogP contribution < -0.4 is 11.1 Å². The van der Waals surface area contributed by atoms with Crippen LogP contribution in [0.2, 0.25) is 5.02 Å². The molecule has 7 heteroatoms. The Morgan fingerprint density at radius 2 is 2.16 bits per heavy atom. The standard InChI is InChI=1S/C12H9BrClN3O2/c13-8-4-7(14)1-2-10(8)17-11-9(15)3-6(5-16-11)12(18)19/h1-5H,15H2,(H,16,17)(H,18,19). The van der Waals surface area contributed by atoms with Crippen LogP contribution in [0.15, 0.2) is 34.9 Å². The zero-order chi connectivity index (χ0) is 14.0. The molecule has 0 spiro atoms. The van der Waals surface area contributed by atoms with Crippen molar-refractivity contribution in [2.75, 3.05) is 11.1 Å². The summed E-state index contributed by atoms with van der Waals surface area (Å²) in [6.45, 7) is 0. The molecule has 1 aromatic carbocycles. The number of nitrogens with zero attached hydrogens (tertiary/aromatic N) is 1. The molecular formula is C12H9BrClN3O2. The van der Waals surface area contributed by atoms with E-state index in [0.29, 0.717) is 10.8 Å². The van der Waals surface area contributed by atoms with E-state index in [2.05, 4.69) is 26.2 Å². The number of carboxylic acids is 1. The summed E-state index contributed by atoms with van der Waals surface area (Å²) in [7, 11) is 0. The Balaban J connectivity index is 2.31. The lowest BCUT2D eigenvalue weighted by Gasteiger charge is -2.10. The molecular weight excluding hydrogens is 334 g/mol. The van der Waals surface area contributed by atoms with Gasteiger partial charge in [0, 0.05) is 15.7 Å². The highest BCUT2D eigenvalue weighted by Crippen LogP contribution is 2.29. The maximum absolute atomic E-state index is 10.8. The van der Waals surface area contributed by atoms with Crippen LogP contribution >= 0.6 is 27.5 Å². The molecule has 2 aromatic rings. The van der Waals surface area contributed by atoms with E-state index in [9.17, 15) is 4.79 Å². The molecule has 0 aliphatic rings. The van der Waals surface area contributed by atoms with Crippen molar-refractivity contribution in [1.82, 2.24) is 4.98 Å². The van der Waals surface area contributed by atoms with Gasteiger partial charge < -0.3 is 16.2 Å². The predicted molar refractivity (Wildman–Crippen MR) is 78.0 cm³/mol. The number of hydrogen-bond donors (Lipinski definition) is 3. The summed E-state index contributed by atoms with van der Waals surface area (Å²) in [6.07, 6.45) is 1.24. The van der Waals surface area contributed by atoms with Gasteiger partial charge in [-0.15, -0.1) is 0 Å². The van der Waals surface area contributed by atoms with Gasteiger partial charge in [0.1, 0.15) is 0 Å². The van der Waals surface area contributed by atoms with Gasteiger partial charge in [0.05, 0.1) is 16.9 Å². The van der Waals surface area contributed by atoms with Gasteiger partial charge >= 0.3 is 5.97 Å². The fraction of sp³-hybridized carbons (Fsp3) is 0. The Morgan fingerprint density at radius 3 is 2.74 bits per heavy atom. The minimum atomic E-state index is -1.07. The molecule has 0 fully saturated rings. The molecule has 1 heterocycles. The highest BCUT2D eigenvalue weighted by molar-refractivity contribution is 9.10. The number of anilines is 3. The Hall–Kier alpha value is -1.79. The van der Waals surface area contributed by atoms with Crippen molar-refractivity contribution in [2.45, 2.75) is 0 Å². The zero-order valence-electron chi connectivity index (χ0n) is 9.52. The Kier molecular flexibility index (Phi) is 3.92. The Labute approximate surface area is 122 Å². The third-order valence-electron chi connectivity index (χ3n) is 2.35. The summed E-state index contributed by atoms with van der Waals surface area (Å²) in [4.78, 5) is 14.8. The first-order valence-corrected chi connectivity index (χ1v) is 6.35. The molecule has 0 aliphatic heterocycles. The first-order valence-electron chi connectivity index (χ1n) is 5.18. The van der Waals surface area contributed by atoms with Crippen LogP contribution in [0.25, 0.3) is 0 Å². The second kappa shape index (κ2) is 5.46. The van der Waals surface area contributed by atoms with E-state index in [1.807, 2.05) is 0 Å². The maximum Gasteiger partial charge on any atom is 0.337 e. The number of aromatic carboxylic acids is 1. The summed E-state index contributed by atoms with van der Waals surface area (Å²) >= 11 is 9.20. The molecule has 19 heavy (non-hydrogen) atoms. The van der Waals surface area contributed by atoms with Crippen molar-refractivity contribution < 1.29 is 9.90 Å². The largest absolute Gasteiger partial charge is 0.478 e. The van der Waals surface area contributed by atoms with E-state index in [0.717, 1.165) is 10.2 Å². The number of nitrogens with one attached hydrogen (secondary N) is 1. The first-order chi connectivity index (χ1) is 8.97.